The molecule has 0 radical (unpaired) electrons. The molecular formula is C24H23F3N2O3. The van der Waals surface area contributed by atoms with E-state index in [-0.39, 0.29) is 5.91 Å². The lowest BCUT2D eigenvalue weighted by molar-refractivity contribution is -0.202. The lowest BCUT2D eigenvalue weighted by atomic mass is 9.91. The van der Waals surface area contributed by atoms with Crippen molar-refractivity contribution < 1.29 is 27.4 Å². The number of methoxy groups -OCH3 is 1. The van der Waals surface area contributed by atoms with Crippen molar-refractivity contribution in [3.8, 4) is 0 Å². The molecule has 0 aliphatic carbocycles. The molecule has 3 aliphatic heterocycles. The molecule has 0 unspecified atom stereocenters. The van der Waals surface area contributed by atoms with Crippen LogP contribution in [0.4, 0.5) is 18.9 Å². The third-order valence-electron chi connectivity index (χ3n) is 6.59. The number of hydrogen-bond donors (Lipinski definition) is 0. The fourth-order valence-electron chi connectivity index (χ4n) is 4.56. The number of amides is 1. The molecule has 3 aliphatic rings. The van der Waals surface area contributed by atoms with Crippen LogP contribution >= 0.6 is 0 Å². The Bertz CT molecular complexity index is 1030. The Morgan fingerprint density at radius 3 is 2.00 bits per heavy atom. The zero-order chi connectivity index (χ0) is 22.5. The van der Waals surface area contributed by atoms with Crippen molar-refractivity contribution in [2.75, 3.05) is 51.4 Å². The Balaban J connectivity index is 1.21. The SMILES string of the molecule is COC1(c2ccc(C(=O)N3CC4=C(C3)CN(c3ccc(C(F)(F)F)cc3)C4)cc2)COC1. The van der Waals surface area contributed by atoms with E-state index in [1.165, 1.54) is 23.3 Å². The molecule has 1 fully saturated rings. The summed E-state index contributed by atoms with van der Waals surface area (Å²) in [5.41, 5.74) is 3.65. The molecule has 0 saturated carbocycles. The highest BCUT2D eigenvalue weighted by atomic mass is 19.4. The number of ether oxygens (including phenoxy) is 2. The van der Waals surface area contributed by atoms with Gasteiger partial charge in [-0.2, -0.15) is 13.2 Å². The summed E-state index contributed by atoms with van der Waals surface area (Å²) in [5, 5.41) is 0. The minimum Gasteiger partial charge on any atom is -0.375 e. The Labute approximate surface area is 184 Å². The minimum atomic E-state index is -4.33. The Morgan fingerprint density at radius 2 is 1.53 bits per heavy atom. The lowest BCUT2D eigenvalue weighted by Gasteiger charge is -2.40. The smallest absolute Gasteiger partial charge is 0.375 e. The van der Waals surface area contributed by atoms with E-state index in [0.717, 1.165) is 23.4 Å². The molecule has 5 rings (SSSR count). The van der Waals surface area contributed by atoms with Crippen molar-refractivity contribution in [3.05, 3.63) is 76.4 Å². The molecule has 0 bridgehead atoms. The Hall–Kier alpha value is -2.84. The average molecular weight is 444 g/mol. The molecule has 1 amide bonds. The van der Waals surface area contributed by atoms with Gasteiger partial charge in [-0.1, -0.05) is 12.1 Å². The molecule has 2 aromatic rings. The highest BCUT2D eigenvalue weighted by Gasteiger charge is 2.41. The summed E-state index contributed by atoms with van der Waals surface area (Å²) in [6.07, 6.45) is -4.33. The molecule has 0 atom stereocenters. The molecule has 168 valence electrons. The van der Waals surface area contributed by atoms with Crippen LogP contribution in [0.25, 0.3) is 0 Å². The first-order chi connectivity index (χ1) is 15.3. The number of rotatable bonds is 4. The molecule has 8 heteroatoms. The summed E-state index contributed by atoms with van der Waals surface area (Å²) in [4.78, 5) is 16.9. The van der Waals surface area contributed by atoms with Crippen LogP contribution in [0.3, 0.4) is 0 Å². The maximum absolute atomic E-state index is 13.0. The standard InChI is InChI=1S/C24H23F3N2O3/c1-31-23(14-32-15-23)19-4-2-16(3-5-19)22(30)29-12-17-10-28(11-18(17)13-29)21-8-6-20(7-9-21)24(25,26)27/h2-9H,10-15H2,1H3. The zero-order valence-electron chi connectivity index (χ0n) is 17.6. The predicted octanol–water partition coefficient (Wildman–Crippen LogP) is 3.85. The molecule has 0 N–H and O–H groups in total. The van der Waals surface area contributed by atoms with E-state index in [1.807, 2.05) is 34.1 Å². The van der Waals surface area contributed by atoms with E-state index < -0.39 is 17.3 Å². The van der Waals surface area contributed by atoms with Gasteiger partial charge in [0.1, 0.15) is 5.60 Å². The van der Waals surface area contributed by atoms with Gasteiger partial charge in [0.05, 0.1) is 18.8 Å². The largest absolute Gasteiger partial charge is 0.416 e. The predicted molar refractivity (Wildman–Crippen MR) is 113 cm³/mol. The molecule has 5 nitrogen and oxygen atoms in total. The van der Waals surface area contributed by atoms with Gasteiger partial charge in [0.15, 0.2) is 0 Å². The van der Waals surface area contributed by atoms with Gasteiger partial charge in [-0.15, -0.1) is 0 Å². The van der Waals surface area contributed by atoms with Crippen molar-refractivity contribution >= 4 is 11.6 Å². The van der Waals surface area contributed by atoms with Gasteiger partial charge in [-0.05, 0) is 53.1 Å². The van der Waals surface area contributed by atoms with Crippen molar-refractivity contribution in [2.45, 2.75) is 11.8 Å². The number of carbonyl (C=O) groups excluding carboxylic acids is 1. The zero-order valence-corrected chi connectivity index (χ0v) is 17.6. The van der Waals surface area contributed by atoms with Gasteiger partial charge in [-0.25, -0.2) is 0 Å². The third-order valence-corrected chi connectivity index (χ3v) is 6.59. The Kier molecular flexibility index (Phi) is 5.02. The van der Waals surface area contributed by atoms with Crippen LogP contribution < -0.4 is 4.90 Å². The molecule has 32 heavy (non-hydrogen) atoms. The number of anilines is 1. The van der Waals surface area contributed by atoms with Crippen LogP contribution in [0.2, 0.25) is 0 Å². The van der Waals surface area contributed by atoms with Gasteiger partial charge in [0.2, 0.25) is 0 Å². The topological polar surface area (TPSA) is 42.0 Å². The van der Waals surface area contributed by atoms with E-state index in [9.17, 15) is 18.0 Å². The number of carbonyl (C=O) groups is 1. The average Bonchev–Trinajstić information content (AvgIpc) is 3.32. The van der Waals surface area contributed by atoms with E-state index in [1.54, 1.807) is 7.11 Å². The van der Waals surface area contributed by atoms with Crippen molar-refractivity contribution in [2.24, 2.45) is 0 Å². The maximum Gasteiger partial charge on any atom is 0.416 e. The first-order valence-electron chi connectivity index (χ1n) is 10.4. The second-order valence-electron chi connectivity index (χ2n) is 8.54. The van der Waals surface area contributed by atoms with Gasteiger partial charge in [-0.3, -0.25) is 4.79 Å². The monoisotopic (exact) mass is 444 g/mol. The summed E-state index contributed by atoms with van der Waals surface area (Å²) < 4.78 is 49.3. The number of hydrogen-bond acceptors (Lipinski definition) is 4. The first kappa shape index (κ1) is 21.0. The summed E-state index contributed by atoms with van der Waals surface area (Å²) >= 11 is 0. The number of halogens is 3. The molecule has 3 heterocycles. The van der Waals surface area contributed by atoms with Gasteiger partial charge < -0.3 is 19.3 Å². The number of alkyl halides is 3. The fraction of sp³-hybridized carbons (Fsp3) is 0.375. The van der Waals surface area contributed by atoms with Crippen LogP contribution in [0.5, 0.6) is 0 Å². The first-order valence-corrected chi connectivity index (χ1v) is 10.4. The summed E-state index contributed by atoms with van der Waals surface area (Å²) in [7, 11) is 1.66. The van der Waals surface area contributed by atoms with Crippen LogP contribution in [0.15, 0.2) is 59.7 Å². The quantitative estimate of drug-likeness (QED) is 0.672. The minimum absolute atomic E-state index is 0.0247. The van der Waals surface area contributed by atoms with Crippen molar-refractivity contribution in [1.82, 2.24) is 4.90 Å². The molecule has 2 aromatic carbocycles. The normalized spacial score (nSPS) is 19.9. The maximum atomic E-state index is 13.0. The van der Waals surface area contributed by atoms with E-state index in [0.29, 0.717) is 45.0 Å². The van der Waals surface area contributed by atoms with Gasteiger partial charge in [0, 0.05) is 44.5 Å². The van der Waals surface area contributed by atoms with Gasteiger partial charge in [0.25, 0.3) is 5.91 Å². The van der Waals surface area contributed by atoms with Crippen LogP contribution in [-0.2, 0) is 21.3 Å². The van der Waals surface area contributed by atoms with Crippen LogP contribution in [-0.4, -0.2) is 57.3 Å². The summed E-state index contributed by atoms with van der Waals surface area (Å²) in [6, 6.07) is 12.7. The summed E-state index contributed by atoms with van der Waals surface area (Å²) in [5.74, 6) is -0.0247. The number of benzene rings is 2. The highest BCUT2D eigenvalue weighted by molar-refractivity contribution is 5.95. The van der Waals surface area contributed by atoms with E-state index in [2.05, 4.69) is 0 Å². The molecule has 0 aromatic heterocycles. The van der Waals surface area contributed by atoms with Crippen molar-refractivity contribution in [1.29, 1.82) is 0 Å². The fourth-order valence-corrected chi connectivity index (χ4v) is 4.56. The second kappa shape index (κ2) is 7.64. The molecule has 0 spiro atoms. The lowest BCUT2D eigenvalue weighted by Crippen LogP contribution is -2.48. The third kappa shape index (κ3) is 3.57. The second-order valence-corrected chi connectivity index (χ2v) is 8.54. The van der Waals surface area contributed by atoms with Gasteiger partial charge >= 0.3 is 6.18 Å². The van der Waals surface area contributed by atoms with E-state index >= 15 is 0 Å². The Morgan fingerprint density at radius 1 is 0.938 bits per heavy atom. The molecular weight excluding hydrogens is 421 g/mol. The van der Waals surface area contributed by atoms with Crippen molar-refractivity contribution in [3.63, 3.8) is 0 Å². The van der Waals surface area contributed by atoms with Crippen LogP contribution in [0, 0.1) is 0 Å². The summed E-state index contributed by atoms with van der Waals surface area (Å²) in [6.45, 7) is 3.36. The van der Waals surface area contributed by atoms with Crippen LogP contribution in [0.1, 0.15) is 21.5 Å². The highest BCUT2D eigenvalue weighted by Crippen LogP contribution is 2.35. The van der Waals surface area contributed by atoms with E-state index in [4.69, 9.17) is 9.47 Å². The number of nitrogens with zero attached hydrogens (tertiary/aromatic N) is 2. The molecule has 1 saturated heterocycles.